The van der Waals surface area contributed by atoms with Crippen LogP contribution in [0, 0.1) is 5.92 Å². The number of rotatable bonds is 11. The molecular formula is C22H39N2O8P. The quantitative estimate of drug-likeness (QED) is 0.401. The van der Waals surface area contributed by atoms with Crippen molar-refractivity contribution in [1.82, 2.24) is 9.55 Å². The highest BCUT2D eigenvalue weighted by atomic mass is 31.2. The highest BCUT2D eigenvalue weighted by molar-refractivity contribution is 7.54. The van der Waals surface area contributed by atoms with Crippen molar-refractivity contribution in [3.63, 3.8) is 0 Å². The third-order valence-electron chi connectivity index (χ3n) is 6.66. The van der Waals surface area contributed by atoms with E-state index in [2.05, 4.69) is 4.98 Å². The summed E-state index contributed by atoms with van der Waals surface area (Å²) in [6.45, 7) is 12.3. The summed E-state index contributed by atoms with van der Waals surface area (Å²) in [5.41, 5.74) is -2.16. The van der Waals surface area contributed by atoms with Crippen molar-refractivity contribution >= 4 is 7.60 Å². The number of nitrogens with zero attached hydrogens (tertiary/aromatic N) is 1. The summed E-state index contributed by atoms with van der Waals surface area (Å²) in [7, 11) is -4.37. The van der Waals surface area contributed by atoms with Gasteiger partial charge >= 0.3 is 13.3 Å². The monoisotopic (exact) mass is 490 g/mol. The van der Waals surface area contributed by atoms with E-state index in [0.717, 1.165) is 0 Å². The Morgan fingerprint density at radius 3 is 2.30 bits per heavy atom. The molecular weight excluding hydrogens is 451 g/mol. The minimum Gasteiger partial charge on any atom is -0.377 e. The minimum absolute atomic E-state index is 0.0826. The molecule has 1 aliphatic rings. The van der Waals surface area contributed by atoms with Gasteiger partial charge in [0.15, 0.2) is 17.4 Å². The fourth-order valence-corrected chi connectivity index (χ4v) is 6.04. The molecule has 33 heavy (non-hydrogen) atoms. The third-order valence-corrected chi connectivity index (χ3v) is 9.04. The number of H-pyrrole nitrogens is 1. The zero-order valence-electron chi connectivity index (χ0n) is 20.7. The molecule has 2 rings (SSSR count). The lowest BCUT2D eigenvalue weighted by Gasteiger charge is -2.40. The van der Waals surface area contributed by atoms with Gasteiger partial charge in [0, 0.05) is 12.3 Å². The van der Waals surface area contributed by atoms with Gasteiger partial charge in [-0.1, -0.05) is 34.1 Å². The molecule has 0 aromatic carbocycles. The SMILES string of the molecule is CC[C@H](CC(C)(CC)OP(=O)(O)C(O)(CC)CC)[C@H]1OC(C)(C)O[C@H]1n1ccc(=O)[nH]c1=O. The topological polar surface area (TPSA) is 140 Å². The van der Waals surface area contributed by atoms with Crippen LogP contribution < -0.4 is 11.2 Å². The summed E-state index contributed by atoms with van der Waals surface area (Å²) >= 11 is 0. The maximum Gasteiger partial charge on any atom is 0.359 e. The Hall–Kier alpha value is -1.29. The number of aromatic nitrogens is 2. The third kappa shape index (κ3) is 6.05. The van der Waals surface area contributed by atoms with Gasteiger partial charge in [0.1, 0.15) is 6.10 Å². The summed E-state index contributed by atoms with van der Waals surface area (Å²) in [6.07, 6.45) is 1.50. The Kier molecular flexibility index (Phi) is 8.59. The summed E-state index contributed by atoms with van der Waals surface area (Å²) in [5, 5.41) is 8.85. The Bertz CT molecular complexity index is 970. The lowest BCUT2D eigenvalue weighted by molar-refractivity contribution is -0.158. The van der Waals surface area contributed by atoms with Crippen LogP contribution in [0.1, 0.15) is 86.8 Å². The number of ether oxygens (including phenoxy) is 2. The molecule has 0 spiro atoms. The second-order valence-electron chi connectivity index (χ2n) is 9.49. The Balaban J connectivity index is 2.38. The lowest BCUT2D eigenvalue weighted by Crippen LogP contribution is -2.41. The molecule has 1 aromatic heterocycles. The molecule has 190 valence electrons. The number of hydrogen-bond acceptors (Lipinski definition) is 7. The maximum absolute atomic E-state index is 13.1. The van der Waals surface area contributed by atoms with Crippen molar-refractivity contribution < 1.29 is 28.6 Å². The first-order chi connectivity index (χ1) is 15.2. The van der Waals surface area contributed by atoms with E-state index in [1.54, 1.807) is 34.6 Å². The molecule has 1 aromatic rings. The summed E-state index contributed by atoms with van der Waals surface area (Å²) in [5.74, 6) is -1.21. The summed E-state index contributed by atoms with van der Waals surface area (Å²) in [6, 6.07) is 1.24. The second kappa shape index (κ2) is 10.1. The van der Waals surface area contributed by atoms with Gasteiger partial charge in [-0.2, -0.15) is 0 Å². The Morgan fingerprint density at radius 2 is 1.82 bits per heavy atom. The van der Waals surface area contributed by atoms with Crippen LogP contribution in [0.3, 0.4) is 0 Å². The lowest BCUT2D eigenvalue weighted by atomic mass is 9.84. The van der Waals surface area contributed by atoms with E-state index >= 15 is 0 Å². The van der Waals surface area contributed by atoms with Gasteiger partial charge in [-0.05, 0) is 52.4 Å². The normalized spacial score (nSPS) is 25.4. The van der Waals surface area contributed by atoms with Crippen LogP contribution in [-0.4, -0.2) is 42.4 Å². The predicted octanol–water partition coefficient (Wildman–Crippen LogP) is 3.48. The molecule has 2 unspecified atom stereocenters. The zero-order valence-corrected chi connectivity index (χ0v) is 21.6. The van der Waals surface area contributed by atoms with Crippen LogP contribution in [0.25, 0.3) is 0 Å². The first kappa shape index (κ1) is 28.0. The molecule has 3 N–H and O–H groups in total. The molecule has 10 nitrogen and oxygen atoms in total. The fraction of sp³-hybridized carbons (Fsp3) is 0.818. The standard InChI is InChI=1S/C22H39N2O8P/c1-8-15(14-21(7,9-2)32-33(28,29)22(27,10-3)11-4)17-18(31-20(5,6)30-17)24-13-12-16(25)23-19(24)26/h12-13,15,17-18,27H,8-11,14H2,1-7H3,(H,28,29)(H,23,25,26)/t15-,17-,18-,21?/m1/s1. The van der Waals surface area contributed by atoms with E-state index in [0.29, 0.717) is 19.3 Å². The van der Waals surface area contributed by atoms with Gasteiger partial charge in [-0.15, -0.1) is 0 Å². The van der Waals surface area contributed by atoms with Crippen LogP contribution in [0.15, 0.2) is 21.9 Å². The van der Waals surface area contributed by atoms with Crippen LogP contribution >= 0.6 is 7.60 Å². The maximum atomic E-state index is 13.1. The van der Waals surface area contributed by atoms with Crippen molar-refractivity contribution in [2.24, 2.45) is 5.92 Å². The largest absolute Gasteiger partial charge is 0.377 e. The molecule has 1 saturated heterocycles. The van der Waals surface area contributed by atoms with Gasteiger partial charge in [0.25, 0.3) is 5.56 Å². The van der Waals surface area contributed by atoms with E-state index in [-0.39, 0.29) is 18.8 Å². The minimum atomic E-state index is -4.37. The van der Waals surface area contributed by atoms with E-state index < -0.39 is 47.9 Å². The van der Waals surface area contributed by atoms with Crippen molar-refractivity contribution in [2.45, 2.75) is 110 Å². The summed E-state index contributed by atoms with van der Waals surface area (Å²) < 4.78 is 32.4. The highest BCUT2D eigenvalue weighted by Crippen LogP contribution is 2.60. The first-order valence-electron chi connectivity index (χ1n) is 11.6. The first-order valence-corrected chi connectivity index (χ1v) is 13.2. The number of nitrogens with one attached hydrogen (secondary N) is 1. The van der Waals surface area contributed by atoms with Crippen molar-refractivity contribution in [3.8, 4) is 0 Å². The van der Waals surface area contributed by atoms with Gasteiger partial charge in [0.2, 0.25) is 0 Å². The van der Waals surface area contributed by atoms with Gasteiger partial charge in [-0.3, -0.25) is 18.9 Å². The number of aliphatic hydroxyl groups is 1. The smallest absolute Gasteiger partial charge is 0.359 e. The Labute approximate surface area is 194 Å². The molecule has 11 heteroatoms. The molecule has 1 aliphatic heterocycles. The van der Waals surface area contributed by atoms with E-state index in [1.165, 1.54) is 16.8 Å². The van der Waals surface area contributed by atoms with E-state index in [9.17, 15) is 24.2 Å². The molecule has 0 aliphatic carbocycles. The average molecular weight is 491 g/mol. The average Bonchev–Trinajstić information content (AvgIpc) is 3.05. The van der Waals surface area contributed by atoms with Crippen LogP contribution in [0.4, 0.5) is 0 Å². The molecule has 0 saturated carbocycles. The van der Waals surface area contributed by atoms with Gasteiger partial charge in [0.05, 0.1) is 5.60 Å². The molecule has 0 bridgehead atoms. The zero-order chi connectivity index (χ0) is 25.2. The number of aromatic amines is 1. The molecule has 1 fully saturated rings. The van der Waals surface area contributed by atoms with Crippen molar-refractivity contribution in [3.05, 3.63) is 33.1 Å². The van der Waals surface area contributed by atoms with Crippen LogP contribution in [0.2, 0.25) is 0 Å². The van der Waals surface area contributed by atoms with E-state index in [1.807, 2.05) is 13.8 Å². The summed E-state index contributed by atoms with van der Waals surface area (Å²) in [4.78, 5) is 36.9. The van der Waals surface area contributed by atoms with Crippen LogP contribution in [0.5, 0.6) is 0 Å². The van der Waals surface area contributed by atoms with Gasteiger partial charge in [-0.25, -0.2) is 4.79 Å². The second-order valence-corrected chi connectivity index (χ2v) is 11.5. The highest BCUT2D eigenvalue weighted by Gasteiger charge is 2.51. The predicted molar refractivity (Wildman–Crippen MR) is 124 cm³/mol. The number of hydrogen-bond donors (Lipinski definition) is 3. The Morgan fingerprint density at radius 1 is 1.21 bits per heavy atom. The molecule has 0 radical (unpaired) electrons. The van der Waals surface area contributed by atoms with Crippen molar-refractivity contribution in [2.75, 3.05) is 0 Å². The molecule has 0 amide bonds. The van der Waals surface area contributed by atoms with Gasteiger partial charge < -0.3 is 24.0 Å². The fourth-order valence-electron chi connectivity index (χ4n) is 4.27. The molecule has 5 atom stereocenters. The van der Waals surface area contributed by atoms with Crippen LogP contribution in [-0.2, 0) is 18.6 Å². The van der Waals surface area contributed by atoms with E-state index in [4.69, 9.17) is 14.0 Å². The van der Waals surface area contributed by atoms with Crippen molar-refractivity contribution in [1.29, 1.82) is 0 Å². The molecule has 2 heterocycles.